The minimum atomic E-state index is -1.49. The van der Waals surface area contributed by atoms with E-state index in [9.17, 15) is 0 Å². The first kappa shape index (κ1) is 46.9. The molecule has 12 rings (SSSR count). The molecule has 12 nitrogen and oxygen atoms in total. The summed E-state index contributed by atoms with van der Waals surface area (Å²) in [4.78, 5) is 29.7. The number of aryl methyl sites for hydroxylation is 4. The van der Waals surface area contributed by atoms with Crippen molar-refractivity contribution in [1.82, 2.24) is 10.1 Å². The van der Waals surface area contributed by atoms with Crippen LogP contribution in [0.25, 0.3) is 20.8 Å². The zero-order chi connectivity index (χ0) is 48.8. The SMILES string of the molecule is CN1OC2(N=C1N)c1cc(Br)ccc1CC21CCc2ccccc2CC1.[C-]#[N+]c1cccc(-c2ccc3c(c2)C2(N=C(N)N(C)O2)C2(CCc4ccccc4CC2)C3)c1.[C-]#[N+]c1cccc(B(O)O)c1. The molecular weight excluding hydrogens is 939 g/mol. The number of hydrogen-bond acceptors (Lipinski definition) is 10. The Kier molecular flexibility index (Phi) is 12.4. The molecule has 6 N–H and O–H groups in total. The van der Waals surface area contributed by atoms with Crippen LogP contribution in [-0.2, 0) is 59.7 Å². The predicted molar refractivity (Wildman–Crippen MR) is 278 cm³/mol. The van der Waals surface area contributed by atoms with Crippen molar-refractivity contribution in [3.63, 3.8) is 0 Å². The van der Waals surface area contributed by atoms with Gasteiger partial charge in [-0.05, 0) is 138 Å². The van der Waals surface area contributed by atoms with Crippen molar-refractivity contribution in [1.29, 1.82) is 0 Å². The minimum absolute atomic E-state index is 0.0788. The molecule has 0 aromatic heterocycles. The summed E-state index contributed by atoms with van der Waals surface area (Å²) in [7, 11) is 2.20. The molecule has 0 saturated heterocycles. The fraction of sp³-hybridized carbons (Fsp3) is 0.286. The molecule has 4 spiro atoms. The summed E-state index contributed by atoms with van der Waals surface area (Å²) in [6.45, 7) is 14.0. The Balaban J connectivity index is 0.000000136. The Hall–Kier alpha value is -6.78. The van der Waals surface area contributed by atoms with Crippen LogP contribution in [0.4, 0.5) is 11.4 Å². The van der Waals surface area contributed by atoms with Crippen molar-refractivity contribution in [2.24, 2.45) is 32.3 Å². The van der Waals surface area contributed by atoms with Crippen molar-refractivity contribution in [3.05, 3.63) is 205 Å². The molecule has 352 valence electrons. The average molecular weight is 994 g/mol. The van der Waals surface area contributed by atoms with Gasteiger partial charge in [0.25, 0.3) is 0 Å². The van der Waals surface area contributed by atoms with Gasteiger partial charge in [0.05, 0.1) is 13.1 Å². The van der Waals surface area contributed by atoms with E-state index in [2.05, 4.69) is 117 Å². The molecule has 70 heavy (non-hydrogen) atoms. The van der Waals surface area contributed by atoms with Gasteiger partial charge in [-0.25, -0.2) is 39.5 Å². The van der Waals surface area contributed by atoms with Crippen molar-refractivity contribution in [2.75, 3.05) is 14.1 Å². The molecule has 2 heterocycles. The van der Waals surface area contributed by atoms with Gasteiger partial charge in [-0.3, -0.25) is 0 Å². The molecule has 4 aliphatic carbocycles. The number of nitrogens with two attached hydrogens (primary N) is 2. The summed E-state index contributed by atoms with van der Waals surface area (Å²) in [5.74, 6) is 0.878. The third-order valence-electron chi connectivity index (χ3n) is 15.5. The lowest BCUT2D eigenvalue weighted by Gasteiger charge is -2.40. The summed E-state index contributed by atoms with van der Waals surface area (Å²) < 4.78 is 1.05. The highest BCUT2D eigenvalue weighted by Gasteiger charge is 2.64. The fourth-order valence-electron chi connectivity index (χ4n) is 11.8. The first-order valence-corrected chi connectivity index (χ1v) is 24.5. The van der Waals surface area contributed by atoms with Crippen LogP contribution in [0.5, 0.6) is 0 Å². The van der Waals surface area contributed by atoms with Crippen LogP contribution >= 0.6 is 15.9 Å². The maximum absolute atomic E-state index is 8.70. The van der Waals surface area contributed by atoms with E-state index >= 15 is 0 Å². The lowest BCUT2D eigenvalue weighted by molar-refractivity contribution is -0.224. The Morgan fingerprint density at radius 2 is 1.00 bits per heavy atom. The molecule has 0 saturated carbocycles. The van der Waals surface area contributed by atoms with E-state index in [1.807, 2.05) is 32.3 Å². The van der Waals surface area contributed by atoms with Crippen LogP contribution in [0.1, 0.15) is 70.2 Å². The van der Waals surface area contributed by atoms with E-state index < -0.39 is 18.6 Å². The second kappa shape index (κ2) is 18.5. The predicted octanol–water partition coefficient (Wildman–Crippen LogP) is 9.20. The normalized spacial score (nSPS) is 21.6. The van der Waals surface area contributed by atoms with Gasteiger partial charge in [-0.15, -0.1) is 0 Å². The van der Waals surface area contributed by atoms with Gasteiger partial charge >= 0.3 is 7.12 Å². The highest BCUT2D eigenvalue weighted by atomic mass is 79.9. The van der Waals surface area contributed by atoms with Crippen LogP contribution in [0.3, 0.4) is 0 Å². The first-order valence-electron chi connectivity index (χ1n) is 23.7. The van der Waals surface area contributed by atoms with Crippen molar-refractivity contribution in [3.8, 4) is 11.1 Å². The monoisotopic (exact) mass is 992 g/mol. The summed E-state index contributed by atoms with van der Waals surface area (Å²) in [6.07, 6.45) is 10.1. The van der Waals surface area contributed by atoms with Gasteiger partial charge in [0.2, 0.25) is 23.4 Å². The smallest absolute Gasteiger partial charge is 0.423 e. The number of rotatable bonds is 2. The average Bonchev–Trinajstić information content (AvgIpc) is 3.92. The molecular formula is C56H54BBrN8O4. The Bertz CT molecular complexity index is 3110. The molecule has 0 fully saturated rings. The standard InChI is InChI=1S/C28H26N4O.C21H22BrN3O.C7H6BNO2/c1-30-24-9-5-8-21(16-24)22-10-11-23-18-27(14-12-19-6-3-4-7-20(19)13-15-27)28(25(23)17-22)31-26(29)32(2)33-28;1-25-19(23)24-21(26-25)18-12-17(22)7-6-16(18)13-20(21)10-8-14-4-2-3-5-15(14)9-11-20;1-9-7-4-2-3-6(5-7)8(10)11/h3-11,16-17H,12-15,18H2,2H3,(H2,29,31);2-7,12H,8-11,13H2,1H3,(H2,23,24);2-5,10-11H. The zero-order valence-corrected chi connectivity index (χ0v) is 40.9. The number of guanidine groups is 2. The summed E-state index contributed by atoms with van der Waals surface area (Å²) in [6, 6.07) is 44.6. The van der Waals surface area contributed by atoms with E-state index in [0.29, 0.717) is 28.8 Å². The molecule has 2 unspecified atom stereocenters. The third-order valence-corrected chi connectivity index (χ3v) is 16.0. The van der Waals surface area contributed by atoms with Gasteiger partial charge in [-0.1, -0.05) is 125 Å². The fourth-order valence-corrected chi connectivity index (χ4v) is 12.2. The highest BCUT2D eigenvalue weighted by molar-refractivity contribution is 9.10. The minimum Gasteiger partial charge on any atom is -0.423 e. The van der Waals surface area contributed by atoms with E-state index in [-0.39, 0.29) is 10.8 Å². The van der Waals surface area contributed by atoms with Crippen molar-refractivity contribution in [2.45, 2.75) is 75.7 Å². The summed E-state index contributed by atoms with van der Waals surface area (Å²) in [5, 5.41) is 20.7. The molecule has 14 heteroatoms. The molecule has 0 amide bonds. The molecule has 2 aliphatic heterocycles. The van der Waals surface area contributed by atoms with Gasteiger partial charge in [-0.2, -0.15) is 0 Å². The van der Waals surface area contributed by atoms with E-state index in [1.54, 1.807) is 28.3 Å². The molecule has 6 aliphatic rings. The second-order valence-electron chi connectivity index (χ2n) is 19.3. The van der Waals surface area contributed by atoms with E-state index in [1.165, 1.54) is 39.4 Å². The number of fused-ring (bicyclic) bond motifs is 8. The van der Waals surface area contributed by atoms with Crippen LogP contribution in [0.2, 0.25) is 0 Å². The van der Waals surface area contributed by atoms with E-state index in [0.717, 1.165) is 90.9 Å². The third kappa shape index (κ3) is 8.13. The summed E-state index contributed by atoms with van der Waals surface area (Å²) in [5.41, 5.74) is 24.8. The van der Waals surface area contributed by atoms with Crippen LogP contribution in [-0.4, -0.2) is 53.3 Å². The zero-order valence-electron chi connectivity index (χ0n) is 39.3. The number of benzene rings is 6. The lowest BCUT2D eigenvalue weighted by atomic mass is 9.71. The summed E-state index contributed by atoms with van der Waals surface area (Å²) >= 11 is 3.63. The van der Waals surface area contributed by atoms with E-state index in [4.69, 9.17) is 54.3 Å². The maximum Gasteiger partial charge on any atom is 0.487 e. The van der Waals surface area contributed by atoms with Gasteiger partial charge in [0, 0.05) is 40.5 Å². The Morgan fingerprint density at radius 3 is 1.46 bits per heavy atom. The Labute approximate surface area is 418 Å². The maximum atomic E-state index is 8.70. The van der Waals surface area contributed by atoms with Gasteiger partial charge in [0.1, 0.15) is 0 Å². The molecule has 0 radical (unpaired) electrons. The van der Waals surface area contributed by atoms with Gasteiger partial charge < -0.3 is 21.5 Å². The van der Waals surface area contributed by atoms with Gasteiger partial charge in [0.15, 0.2) is 11.4 Å². The Morgan fingerprint density at radius 1 is 0.557 bits per heavy atom. The van der Waals surface area contributed by atoms with Crippen LogP contribution in [0.15, 0.2) is 148 Å². The van der Waals surface area contributed by atoms with Crippen LogP contribution < -0.4 is 16.9 Å². The first-order chi connectivity index (χ1) is 33.8. The quantitative estimate of drug-likeness (QED) is 0.0991. The van der Waals surface area contributed by atoms with Crippen LogP contribution in [0, 0.1) is 24.0 Å². The number of aliphatic imine (C=N–C) groups is 2. The second-order valence-corrected chi connectivity index (χ2v) is 20.2. The molecule has 6 aromatic rings. The topological polar surface area (TPSA) is 151 Å². The lowest BCUT2D eigenvalue weighted by Crippen LogP contribution is -2.43. The molecule has 6 aromatic carbocycles. The highest BCUT2D eigenvalue weighted by Crippen LogP contribution is 2.62. The number of hydroxylamine groups is 4. The van der Waals surface area contributed by atoms with Crippen molar-refractivity contribution < 1.29 is 19.7 Å². The molecule has 0 bridgehead atoms. The number of hydrogen-bond donors (Lipinski definition) is 4. The largest absolute Gasteiger partial charge is 0.487 e. The number of halogens is 1. The van der Waals surface area contributed by atoms with Crippen molar-refractivity contribution >= 4 is 51.8 Å². The molecule has 2 atom stereocenters. The number of nitrogens with zero attached hydrogens (tertiary/aromatic N) is 6.